The molecule has 8 rings (SSSR count). The molecule has 8 aliphatic rings. The predicted molar refractivity (Wildman–Crippen MR) is 250 cm³/mol. The van der Waals surface area contributed by atoms with Crippen molar-refractivity contribution in [3.63, 3.8) is 0 Å². The molecular formula is C51H82O23. The van der Waals surface area contributed by atoms with Gasteiger partial charge in [0.05, 0.1) is 38.6 Å². The van der Waals surface area contributed by atoms with Gasteiger partial charge in [-0.25, -0.2) is 0 Å². The molecule has 4 aliphatic carbocycles. The minimum atomic E-state index is -1.87. The van der Waals surface area contributed by atoms with Crippen molar-refractivity contribution in [1.29, 1.82) is 0 Å². The van der Waals surface area contributed by atoms with E-state index in [9.17, 15) is 76.0 Å². The number of fused-ring (bicyclic) bond motifs is 5. The number of carbonyl (C=O) groups is 2. The van der Waals surface area contributed by atoms with E-state index in [4.69, 9.17) is 37.9 Å². The maximum atomic E-state index is 14.1. The van der Waals surface area contributed by atoms with Crippen LogP contribution in [0.3, 0.4) is 0 Å². The smallest absolute Gasteiger partial charge is 0.187 e. The fourth-order valence-electron chi connectivity index (χ4n) is 14.0. The fourth-order valence-corrected chi connectivity index (χ4v) is 14.0. The maximum Gasteiger partial charge on any atom is 0.187 e. The lowest BCUT2D eigenvalue weighted by molar-refractivity contribution is -0.389. The highest BCUT2D eigenvalue weighted by Gasteiger charge is 2.63. The fraction of sp³-hybridized carbons (Fsp3) is 0.922. The number of aliphatic hydroxyl groups is 13. The molecule has 0 aromatic carbocycles. The van der Waals surface area contributed by atoms with E-state index in [1.165, 1.54) is 12.5 Å². The van der Waals surface area contributed by atoms with Crippen LogP contribution < -0.4 is 0 Å². The SMILES string of the molecule is CC(CCC(=O)[C@@H](C)[C@H]1C(=O)C[C@H]2[C@@H]3CC=C4C[C@@H](O[C@@H]5OC(CO)[C@@H](O[C@@H]6OC(CO)[C@@H](O)C(O)[C@@H]6O)C(O)[C@@H]5O[C@@H]5OC(C)[C@H](O)C(O)[C@@H]5O)CC[C@]4(C)[C@H]3CC[C@]12C)CO[C@@H]1OC(CO)[C@@H](O)C(O)[C@@H]1O. The molecule has 7 fully saturated rings. The molecule has 23 nitrogen and oxygen atoms in total. The number of aliphatic hydroxyl groups excluding tert-OH is 13. The average molecular weight is 1060 g/mol. The van der Waals surface area contributed by atoms with Gasteiger partial charge in [0.15, 0.2) is 25.2 Å². The number of Topliss-reactive ketones (excluding diaryl/α,β-unsaturated/α-hetero) is 2. The molecule has 0 bridgehead atoms. The van der Waals surface area contributed by atoms with Gasteiger partial charge in [0, 0.05) is 24.7 Å². The molecule has 0 aromatic rings. The Labute approximate surface area is 430 Å². The largest absolute Gasteiger partial charge is 0.394 e. The number of rotatable bonds is 17. The van der Waals surface area contributed by atoms with Crippen LogP contribution in [-0.4, -0.2) is 233 Å². The first-order valence-corrected chi connectivity index (χ1v) is 26.6. The Morgan fingerprint density at radius 3 is 1.85 bits per heavy atom. The third-order valence-corrected chi connectivity index (χ3v) is 18.6. The molecule has 0 radical (unpaired) electrons. The lowest BCUT2D eigenvalue weighted by atomic mass is 9.47. The zero-order valence-corrected chi connectivity index (χ0v) is 42.8. The van der Waals surface area contributed by atoms with Gasteiger partial charge < -0.3 is 104 Å². The predicted octanol–water partition coefficient (Wildman–Crippen LogP) is -2.96. The molecule has 424 valence electrons. The first-order valence-electron chi connectivity index (χ1n) is 26.6. The molecule has 23 heteroatoms. The van der Waals surface area contributed by atoms with E-state index in [1.807, 2.05) is 13.8 Å². The van der Waals surface area contributed by atoms with Crippen LogP contribution in [0.15, 0.2) is 11.6 Å². The zero-order chi connectivity index (χ0) is 53.9. The molecule has 0 spiro atoms. The summed E-state index contributed by atoms with van der Waals surface area (Å²) in [6.07, 6.45) is -24.0. The summed E-state index contributed by atoms with van der Waals surface area (Å²) in [5.41, 5.74) is 0.520. The van der Waals surface area contributed by atoms with Crippen molar-refractivity contribution in [2.24, 2.45) is 46.3 Å². The second kappa shape index (κ2) is 23.5. The van der Waals surface area contributed by atoms with Gasteiger partial charge in [-0.3, -0.25) is 9.59 Å². The van der Waals surface area contributed by atoms with Crippen LogP contribution >= 0.6 is 0 Å². The van der Waals surface area contributed by atoms with Gasteiger partial charge >= 0.3 is 0 Å². The van der Waals surface area contributed by atoms with Crippen molar-refractivity contribution < 1.29 is 114 Å². The molecule has 29 atom stereocenters. The molecule has 9 unspecified atom stereocenters. The number of hydrogen-bond donors (Lipinski definition) is 13. The van der Waals surface area contributed by atoms with Gasteiger partial charge in [0.1, 0.15) is 103 Å². The van der Waals surface area contributed by atoms with Crippen LogP contribution in [0.5, 0.6) is 0 Å². The Morgan fingerprint density at radius 2 is 1.22 bits per heavy atom. The minimum absolute atomic E-state index is 0.0131. The summed E-state index contributed by atoms with van der Waals surface area (Å²) in [6.45, 7) is 7.62. The minimum Gasteiger partial charge on any atom is -0.394 e. The van der Waals surface area contributed by atoms with Gasteiger partial charge in [0.2, 0.25) is 0 Å². The summed E-state index contributed by atoms with van der Waals surface area (Å²) in [7, 11) is 0. The third kappa shape index (κ3) is 11.0. The van der Waals surface area contributed by atoms with Crippen LogP contribution in [-0.2, 0) is 47.5 Å². The van der Waals surface area contributed by atoms with Crippen LogP contribution in [0.4, 0.5) is 0 Å². The normalized spacial score (nSPS) is 50.5. The van der Waals surface area contributed by atoms with Gasteiger partial charge in [-0.15, -0.1) is 0 Å². The summed E-state index contributed by atoms with van der Waals surface area (Å²) in [4.78, 5) is 28.0. The quantitative estimate of drug-likeness (QED) is 0.0648. The van der Waals surface area contributed by atoms with E-state index < -0.39 is 166 Å². The highest BCUT2D eigenvalue weighted by atomic mass is 16.8. The number of allylic oxidation sites excluding steroid dienone is 1. The molecule has 3 saturated carbocycles. The monoisotopic (exact) mass is 1060 g/mol. The molecule has 4 saturated heterocycles. The third-order valence-electron chi connectivity index (χ3n) is 18.6. The Hall–Kier alpha value is -1.76. The van der Waals surface area contributed by atoms with E-state index in [-0.39, 0.29) is 53.7 Å². The first kappa shape index (κ1) is 58.4. The second-order valence-electron chi connectivity index (χ2n) is 23.2. The van der Waals surface area contributed by atoms with Crippen LogP contribution in [0.25, 0.3) is 0 Å². The Bertz CT molecular complexity index is 1940. The molecule has 0 amide bonds. The van der Waals surface area contributed by atoms with E-state index in [0.717, 1.165) is 12.8 Å². The molecule has 13 N–H and O–H groups in total. The Morgan fingerprint density at radius 1 is 0.649 bits per heavy atom. The highest BCUT2D eigenvalue weighted by molar-refractivity contribution is 5.92. The molecular weight excluding hydrogens is 981 g/mol. The van der Waals surface area contributed by atoms with E-state index in [0.29, 0.717) is 38.5 Å². The van der Waals surface area contributed by atoms with E-state index in [2.05, 4.69) is 19.9 Å². The number of ketones is 2. The zero-order valence-electron chi connectivity index (χ0n) is 42.8. The van der Waals surface area contributed by atoms with Crippen LogP contribution in [0.1, 0.15) is 92.4 Å². The Balaban J connectivity index is 0.919. The summed E-state index contributed by atoms with van der Waals surface area (Å²) in [5.74, 6) is -0.523. The standard InChI is InChI=1S/C51H82O23/c1-20(19-67-46-40(63)38(61)35(58)30(16-52)70-46)6-9-28(55)21(2)33-29(56)15-27-25-8-7-23-14-24(10-12-50(23,4)26(25)11-13-51(27,33)5)69-49-45(74-47-41(64)37(60)34(57)22(3)68-47)43(66)44(32(18-54)72-49)73-48-42(65)39(62)36(59)31(17-53)71-48/h7,20-22,24-27,30-49,52-54,57-66H,6,8-19H2,1-5H3/t20?,21-,22?,24+,25-,26+,27+,30?,31?,32?,33+,34+,35-,36-,37?,38?,39?,40+,41+,42+,43?,44-,45+,46-,47+,48+,49-,50+,51+/m1/s1. The second-order valence-corrected chi connectivity index (χ2v) is 23.2. The van der Waals surface area contributed by atoms with Gasteiger partial charge in [-0.2, -0.15) is 0 Å². The molecule has 4 heterocycles. The highest BCUT2D eigenvalue weighted by Crippen LogP contribution is 2.66. The Kier molecular flexibility index (Phi) is 18.6. The maximum absolute atomic E-state index is 14.1. The average Bonchev–Trinajstić information content (AvgIpc) is 3.66. The van der Waals surface area contributed by atoms with Crippen molar-refractivity contribution in [3.05, 3.63) is 11.6 Å². The van der Waals surface area contributed by atoms with Crippen LogP contribution in [0, 0.1) is 46.3 Å². The molecule has 4 aliphatic heterocycles. The van der Waals surface area contributed by atoms with Gasteiger partial charge in [-0.1, -0.05) is 39.3 Å². The van der Waals surface area contributed by atoms with Crippen molar-refractivity contribution in [2.45, 2.75) is 221 Å². The van der Waals surface area contributed by atoms with Gasteiger partial charge in [0.25, 0.3) is 0 Å². The van der Waals surface area contributed by atoms with E-state index >= 15 is 0 Å². The van der Waals surface area contributed by atoms with Crippen LogP contribution in [0.2, 0.25) is 0 Å². The summed E-state index contributed by atoms with van der Waals surface area (Å²) < 4.78 is 47.4. The van der Waals surface area contributed by atoms with Crippen molar-refractivity contribution in [1.82, 2.24) is 0 Å². The van der Waals surface area contributed by atoms with Crippen molar-refractivity contribution >= 4 is 11.6 Å². The van der Waals surface area contributed by atoms with Crippen molar-refractivity contribution in [2.75, 3.05) is 26.4 Å². The first-order chi connectivity index (χ1) is 35.0. The lowest BCUT2D eigenvalue weighted by Crippen LogP contribution is -2.67. The summed E-state index contributed by atoms with van der Waals surface area (Å²) in [5, 5.41) is 136. The van der Waals surface area contributed by atoms with E-state index in [1.54, 1.807) is 0 Å². The summed E-state index contributed by atoms with van der Waals surface area (Å²) >= 11 is 0. The summed E-state index contributed by atoms with van der Waals surface area (Å²) in [6, 6.07) is 0. The molecule has 74 heavy (non-hydrogen) atoms. The molecule has 0 aromatic heterocycles. The van der Waals surface area contributed by atoms with Crippen molar-refractivity contribution in [3.8, 4) is 0 Å². The number of ether oxygens (including phenoxy) is 8. The number of hydrogen-bond acceptors (Lipinski definition) is 23. The topological polar surface area (TPSA) is 371 Å². The number of carbonyl (C=O) groups excluding carboxylic acids is 2. The van der Waals surface area contributed by atoms with Gasteiger partial charge in [-0.05, 0) is 86.4 Å². The lowest BCUT2D eigenvalue weighted by Gasteiger charge is -2.58.